The Bertz CT molecular complexity index is 568. The minimum absolute atomic E-state index is 0.331. The first-order valence-electron chi connectivity index (χ1n) is 5.88. The molecule has 3 rings (SSSR count). The molecule has 2 aromatic rings. The molecule has 2 nitrogen and oxygen atoms in total. The van der Waals surface area contributed by atoms with E-state index in [4.69, 9.17) is 22.1 Å². The van der Waals surface area contributed by atoms with Crippen LogP contribution in [0, 0.1) is 0 Å². The molecule has 2 N–H and O–H groups in total. The van der Waals surface area contributed by atoms with Crippen molar-refractivity contribution in [2.75, 3.05) is 6.61 Å². The zero-order valence-corrected chi connectivity index (χ0v) is 11.4. The SMILES string of the molecule is NC1(Cc2ccc(Cl)s2)COc2ccccc2C1. The van der Waals surface area contributed by atoms with Gasteiger partial charge in [-0.05, 0) is 30.2 Å². The molecule has 1 aliphatic rings. The Labute approximate surface area is 115 Å². The van der Waals surface area contributed by atoms with E-state index in [0.717, 1.165) is 22.9 Å². The molecule has 0 aliphatic carbocycles. The van der Waals surface area contributed by atoms with Crippen molar-refractivity contribution < 1.29 is 4.74 Å². The van der Waals surface area contributed by atoms with Crippen LogP contribution in [0.2, 0.25) is 4.34 Å². The lowest BCUT2D eigenvalue weighted by Gasteiger charge is -2.34. The molecular formula is C14H14ClNOS. The summed E-state index contributed by atoms with van der Waals surface area (Å²) in [6, 6.07) is 12.1. The van der Waals surface area contributed by atoms with Crippen LogP contribution in [0.15, 0.2) is 36.4 Å². The van der Waals surface area contributed by atoms with E-state index < -0.39 is 0 Å². The standard InChI is InChI=1S/C14H14ClNOS/c15-13-6-5-11(18-13)8-14(16)7-10-3-1-2-4-12(10)17-9-14/h1-6H,7-9,16H2. The predicted octanol–water partition coefficient (Wildman–Crippen LogP) is 3.28. The topological polar surface area (TPSA) is 35.2 Å². The third-order valence-corrected chi connectivity index (χ3v) is 4.42. The van der Waals surface area contributed by atoms with Crippen molar-refractivity contribution in [3.8, 4) is 5.75 Å². The molecule has 1 atom stereocenters. The van der Waals surface area contributed by atoms with Crippen molar-refractivity contribution >= 4 is 22.9 Å². The molecule has 0 amide bonds. The zero-order valence-electron chi connectivity index (χ0n) is 9.86. The molecule has 4 heteroatoms. The molecule has 1 aliphatic heterocycles. The Hall–Kier alpha value is -1.03. The monoisotopic (exact) mass is 279 g/mol. The van der Waals surface area contributed by atoms with Gasteiger partial charge in [-0.3, -0.25) is 0 Å². The van der Waals surface area contributed by atoms with Gasteiger partial charge in [0.2, 0.25) is 0 Å². The number of nitrogens with two attached hydrogens (primary N) is 1. The zero-order chi connectivity index (χ0) is 12.6. The number of fused-ring (bicyclic) bond motifs is 1. The first kappa shape index (κ1) is 12.0. The lowest BCUT2D eigenvalue weighted by Crippen LogP contribution is -2.51. The average molecular weight is 280 g/mol. The summed E-state index contributed by atoms with van der Waals surface area (Å²) in [7, 11) is 0. The Morgan fingerprint density at radius 3 is 2.89 bits per heavy atom. The summed E-state index contributed by atoms with van der Waals surface area (Å²) in [6.07, 6.45) is 1.65. The van der Waals surface area contributed by atoms with E-state index >= 15 is 0 Å². The van der Waals surface area contributed by atoms with E-state index in [0.29, 0.717) is 6.61 Å². The highest BCUT2D eigenvalue weighted by molar-refractivity contribution is 7.16. The van der Waals surface area contributed by atoms with Gasteiger partial charge < -0.3 is 10.5 Å². The molecule has 0 spiro atoms. The number of benzene rings is 1. The van der Waals surface area contributed by atoms with E-state index in [1.54, 1.807) is 11.3 Å². The second-order valence-corrected chi connectivity index (χ2v) is 6.62. The normalized spacial score (nSPS) is 22.3. The van der Waals surface area contributed by atoms with Crippen LogP contribution < -0.4 is 10.5 Å². The highest BCUT2D eigenvalue weighted by Crippen LogP contribution is 2.32. The maximum absolute atomic E-state index is 6.45. The molecule has 18 heavy (non-hydrogen) atoms. The van der Waals surface area contributed by atoms with Crippen LogP contribution in [-0.4, -0.2) is 12.1 Å². The first-order valence-corrected chi connectivity index (χ1v) is 7.08. The van der Waals surface area contributed by atoms with Gasteiger partial charge in [0.25, 0.3) is 0 Å². The molecule has 0 fully saturated rings. The fourth-order valence-electron chi connectivity index (χ4n) is 2.35. The van der Waals surface area contributed by atoms with Crippen LogP contribution in [0.5, 0.6) is 5.75 Å². The molecule has 0 bridgehead atoms. The Kier molecular flexibility index (Phi) is 3.06. The number of hydrogen-bond donors (Lipinski definition) is 1. The lowest BCUT2D eigenvalue weighted by molar-refractivity contribution is 0.190. The highest BCUT2D eigenvalue weighted by Gasteiger charge is 2.32. The van der Waals surface area contributed by atoms with Gasteiger partial charge in [0, 0.05) is 11.3 Å². The molecule has 1 unspecified atom stereocenters. The number of para-hydroxylation sites is 1. The molecule has 1 aromatic carbocycles. The first-order chi connectivity index (χ1) is 8.65. The summed E-state index contributed by atoms with van der Waals surface area (Å²) in [4.78, 5) is 1.21. The van der Waals surface area contributed by atoms with Gasteiger partial charge >= 0.3 is 0 Å². The fourth-order valence-corrected chi connectivity index (χ4v) is 3.59. The second-order valence-electron chi connectivity index (χ2n) is 4.82. The largest absolute Gasteiger partial charge is 0.491 e. The molecule has 0 saturated heterocycles. The van der Waals surface area contributed by atoms with Gasteiger partial charge in [0.05, 0.1) is 9.88 Å². The predicted molar refractivity (Wildman–Crippen MR) is 75.6 cm³/mol. The average Bonchev–Trinajstić information content (AvgIpc) is 2.74. The summed E-state index contributed by atoms with van der Waals surface area (Å²) in [5.41, 5.74) is 7.31. The number of thiophene rings is 1. The van der Waals surface area contributed by atoms with Crippen molar-refractivity contribution in [1.82, 2.24) is 0 Å². The molecule has 0 saturated carbocycles. The van der Waals surface area contributed by atoms with E-state index in [1.807, 2.05) is 30.3 Å². The maximum Gasteiger partial charge on any atom is 0.122 e. The van der Waals surface area contributed by atoms with Crippen molar-refractivity contribution in [2.24, 2.45) is 5.73 Å². The number of ether oxygens (including phenoxy) is 1. The fraction of sp³-hybridized carbons (Fsp3) is 0.286. The Morgan fingerprint density at radius 2 is 2.11 bits per heavy atom. The van der Waals surface area contributed by atoms with Crippen LogP contribution in [0.25, 0.3) is 0 Å². The summed E-state index contributed by atoms with van der Waals surface area (Å²) in [5.74, 6) is 0.961. The number of halogens is 1. The van der Waals surface area contributed by atoms with Crippen molar-refractivity contribution in [2.45, 2.75) is 18.4 Å². The maximum atomic E-state index is 6.45. The van der Waals surface area contributed by atoms with Gasteiger partial charge in [0.15, 0.2) is 0 Å². The van der Waals surface area contributed by atoms with Gasteiger partial charge in [-0.2, -0.15) is 0 Å². The molecule has 1 aromatic heterocycles. The van der Waals surface area contributed by atoms with Gasteiger partial charge in [-0.15, -0.1) is 11.3 Å². The van der Waals surface area contributed by atoms with E-state index in [-0.39, 0.29) is 5.54 Å². The third-order valence-electron chi connectivity index (χ3n) is 3.19. The van der Waals surface area contributed by atoms with E-state index in [1.165, 1.54) is 10.4 Å². The number of rotatable bonds is 2. The molecule has 0 radical (unpaired) electrons. The quantitative estimate of drug-likeness (QED) is 0.916. The number of hydrogen-bond acceptors (Lipinski definition) is 3. The summed E-state index contributed by atoms with van der Waals surface area (Å²) < 4.78 is 6.58. The molecule has 2 heterocycles. The van der Waals surface area contributed by atoms with E-state index in [2.05, 4.69) is 6.07 Å². The lowest BCUT2D eigenvalue weighted by atomic mass is 9.86. The van der Waals surface area contributed by atoms with Crippen LogP contribution in [0.3, 0.4) is 0 Å². The highest BCUT2D eigenvalue weighted by atomic mass is 35.5. The van der Waals surface area contributed by atoms with Crippen molar-refractivity contribution in [3.63, 3.8) is 0 Å². The minimum atomic E-state index is -0.331. The third kappa shape index (κ3) is 2.39. The van der Waals surface area contributed by atoms with Crippen LogP contribution >= 0.6 is 22.9 Å². The summed E-state index contributed by atoms with van der Waals surface area (Å²) in [6.45, 7) is 0.555. The van der Waals surface area contributed by atoms with E-state index in [9.17, 15) is 0 Å². The molecular weight excluding hydrogens is 266 g/mol. The smallest absolute Gasteiger partial charge is 0.122 e. The van der Waals surface area contributed by atoms with Crippen molar-refractivity contribution in [3.05, 3.63) is 51.2 Å². The van der Waals surface area contributed by atoms with Gasteiger partial charge in [-0.1, -0.05) is 29.8 Å². The summed E-state index contributed by atoms with van der Waals surface area (Å²) in [5, 5.41) is 0. The van der Waals surface area contributed by atoms with Crippen LogP contribution in [0.1, 0.15) is 10.4 Å². The van der Waals surface area contributed by atoms with Gasteiger partial charge in [0.1, 0.15) is 12.4 Å². The van der Waals surface area contributed by atoms with Crippen molar-refractivity contribution in [1.29, 1.82) is 0 Å². The second kappa shape index (κ2) is 4.57. The van der Waals surface area contributed by atoms with Crippen LogP contribution in [0.4, 0.5) is 0 Å². The van der Waals surface area contributed by atoms with Gasteiger partial charge in [-0.25, -0.2) is 0 Å². The Balaban J connectivity index is 1.81. The Morgan fingerprint density at radius 1 is 1.28 bits per heavy atom. The van der Waals surface area contributed by atoms with Crippen LogP contribution in [-0.2, 0) is 12.8 Å². The summed E-state index contributed by atoms with van der Waals surface area (Å²) >= 11 is 7.54. The minimum Gasteiger partial charge on any atom is -0.491 e. The molecule has 94 valence electrons.